The van der Waals surface area contributed by atoms with Gasteiger partial charge < -0.3 is 24.3 Å². The molecule has 190 valence electrons. The van der Waals surface area contributed by atoms with Gasteiger partial charge in [0.15, 0.2) is 0 Å². The van der Waals surface area contributed by atoms with Crippen LogP contribution in [-0.2, 0) is 40.0 Å². The number of amides is 1. The van der Waals surface area contributed by atoms with Crippen molar-refractivity contribution in [2.24, 2.45) is 0 Å². The van der Waals surface area contributed by atoms with Crippen molar-refractivity contribution in [3.05, 3.63) is 18.0 Å². The number of carbonyl (C=O) groups is 1. The highest BCUT2D eigenvalue weighted by molar-refractivity contribution is 7.90. The fourth-order valence-corrected chi connectivity index (χ4v) is 3.20. The average Bonchev–Trinajstić information content (AvgIpc) is 2.79. The van der Waals surface area contributed by atoms with E-state index in [0.29, 0.717) is 59.2 Å². The molecule has 0 saturated heterocycles. The summed E-state index contributed by atoms with van der Waals surface area (Å²) in [6.45, 7) is 6.98. The normalized spacial score (nSPS) is 11.6. The molecular formula is C22H39N3O7S. The summed E-state index contributed by atoms with van der Waals surface area (Å²) in [5.41, 5.74) is 0.887. The van der Waals surface area contributed by atoms with Gasteiger partial charge in [-0.1, -0.05) is 13.3 Å². The average molecular weight is 490 g/mol. The van der Waals surface area contributed by atoms with Crippen LogP contribution in [0.3, 0.4) is 0 Å². The zero-order chi connectivity index (χ0) is 24.2. The fraction of sp³-hybridized carbons (Fsp3) is 0.773. The molecule has 0 atom stereocenters. The second-order valence-corrected chi connectivity index (χ2v) is 9.42. The molecule has 0 bridgehead atoms. The smallest absolute Gasteiger partial charge is 0.246 e. The van der Waals surface area contributed by atoms with Gasteiger partial charge in [0.05, 0.1) is 46.2 Å². The van der Waals surface area contributed by atoms with Crippen LogP contribution < -0.4 is 5.32 Å². The molecular weight excluding hydrogens is 450 g/mol. The molecule has 1 amide bonds. The van der Waals surface area contributed by atoms with E-state index < -0.39 is 9.84 Å². The van der Waals surface area contributed by atoms with Crippen LogP contribution in [0.2, 0.25) is 0 Å². The Kier molecular flexibility index (Phi) is 16.7. The van der Waals surface area contributed by atoms with Gasteiger partial charge in [0.1, 0.15) is 0 Å². The van der Waals surface area contributed by atoms with Crippen molar-refractivity contribution in [1.29, 1.82) is 0 Å². The molecule has 0 spiro atoms. The molecule has 1 aromatic rings. The Bertz CT molecular complexity index is 730. The number of sulfone groups is 1. The summed E-state index contributed by atoms with van der Waals surface area (Å²) in [6, 6.07) is 0. The van der Waals surface area contributed by atoms with Crippen molar-refractivity contribution in [2.75, 3.05) is 65.7 Å². The number of ether oxygens (including phenoxy) is 4. The lowest BCUT2D eigenvalue weighted by Gasteiger charge is -2.08. The monoisotopic (exact) mass is 489 g/mol. The van der Waals surface area contributed by atoms with Crippen molar-refractivity contribution in [1.82, 2.24) is 15.3 Å². The van der Waals surface area contributed by atoms with Gasteiger partial charge in [-0.25, -0.2) is 18.4 Å². The molecule has 0 fully saturated rings. The van der Waals surface area contributed by atoms with E-state index in [0.717, 1.165) is 50.5 Å². The number of rotatable bonds is 21. The van der Waals surface area contributed by atoms with Crippen molar-refractivity contribution < 1.29 is 32.2 Å². The Labute approximate surface area is 197 Å². The zero-order valence-corrected chi connectivity index (χ0v) is 20.7. The van der Waals surface area contributed by atoms with Gasteiger partial charge in [0.25, 0.3) is 0 Å². The number of aryl methyl sites for hydroxylation is 1. The number of hydrogen-bond donors (Lipinski definition) is 1. The topological polar surface area (TPSA) is 126 Å². The Morgan fingerprint density at radius 3 is 1.94 bits per heavy atom. The molecule has 0 aliphatic heterocycles. The summed E-state index contributed by atoms with van der Waals surface area (Å²) >= 11 is 0. The van der Waals surface area contributed by atoms with Crippen molar-refractivity contribution >= 4 is 15.7 Å². The largest absolute Gasteiger partial charge is 0.379 e. The summed E-state index contributed by atoms with van der Waals surface area (Å²) in [4.78, 5) is 19.6. The first-order valence-electron chi connectivity index (χ1n) is 11.5. The maximum atomic E-state index is 11.8. The summed E-state index contributed by atoms with van der Waals surface area (Å²) < 4.78 is 44.2. The Morgan fingerprint density at radius 2 is 1.39 bits per heavy atom. The molecule has 0 aliphatic rings. The molecule has 1 heterocycles. The molecule has 1 aromatic heterocycles. The maximum absolute atomic E-state index is 11.8. The van der Waals surface area contributed by atoms with E-state index in [1.54, 1.807) is 12.4 Å². The van der Waals surface area contributed by atoms with E-state index in [1.807, 2.05) is 0 Å². The Hall–Kier alpha value is -1.66. The lowest BCUT2D eigenvalue weighted by molar-refractivity contribution is -0.121. The van der Waals surface area contributed by atoms with E-state index >= 15 is 0 Å². The predicted octanol–water partition coefficient (Wildman–Crippen LogP) is 1.58. The lowest BCUT2D eigenvalue weighted by atomic mass is 10.1. The fourth-order valence-electron chi connectivity index (χ4n) is 2.71. The van der Waals surface area contributed by atoms with E-state index in [1.165, 1.54) is 0 Å². The van der Waals surface area contributed by atoms with Gasteiger partial charge in [0, 0.05) is 38.2 Å². The summed E-state index contributed by atoms with van der Waals surface area (Å²) in [5, 5.41) is 2.68. The minimum Gasteiger partial charge on any atom is -0.379 e. The minimum absolute atomic E-state index is 0.00996. The second-order valence-electron chi connectivity index (χ2n) is 7.51. The number of nitrogens with one attached hydrogen (secondary N) is 1. The van der Waals surface area contributed by atoms with Gasteiger partial charge >= 0.3 is 0 Å². The molecule has 11 heteroatoms. The lowest BCUT2D eigenvalue weighted by Crippen LogP contribution is -2.27. The van der Waals surface area contributed by atoms with Gasteiger partial charge in [-0.2, -0.15) is 0 Å². The van der Waals surface area contributed by atoms with Crippen LogP contribution in [0.4, 0.5) is 0 Å². The third-order valence-corrected chi connectivity index (χ3v) is 5.29. The predicted molar refractivity (Wildman–Crippen MR) is 124 cm³/mol. The summed E-state index contributed by atoms with van der Waals surface area (Å²) in [6.07, 6.45) is 8.96. The molecule has 1 N–H and O–H groups in total. The van der Waals surface area contributed by atoms with Crippen LogP contribution in [0.15, 0.2) is 17.6 Å². The molecule has 0 aromatic carbocycles. The van der Waals surface area contributed by atoms with Crippen molar-refractivity contribution in [3.8, 4) is 0 Å². The van der Waals surface area contributed by atoms with Crippen LogP contribution in [0, 0.1) is 0 Å². The minimum atomic E-state index is -3.37. The molecule has 1 rings (SSSR count). The number of aromatic nitrogens is 2. The Balaban J connectivity index is 1.87. The molecule has 10 nitrogen and oxygen atoms in total. The first-order valence-corrected chi connectivity index (χ1v) is 13.4. The molecule has 0 radical (unpaired) electrons. The summed E-state index contributed by atoms with van der Waals surface area (Å²) in [7, 11) is -3.37. The standard InChI is InChI=1S/C22H39N3O7S/c1-3-10-29-12-14-31-16-17-32-15-13-30-11-9-23-21(26)8-6-4-5-7-20-18-24-22(25-19-20)33(2,27)28/h18-19H,3-17H2,1-2H3,(H,23,26). The van der Waals surface area contributed by atoms with E-state index in [-0.39, 0.29) is 11.1 Å². The number of carbonyl (C=O) groups excluding carboxylic acids is 1. The zero-order valence-electron chi connectivity index (χ0n) is 19.9. The number of unbranched alkanes of at least 4 members (excludes halogenated alkanes) is 2. The first-order chi connectivity index (χ1) is 15.9. The third kappa shape index (κ3) is 16.6. The third-order valence-electron chi connectivity index (χ3n) is 4.42. The van der Waals surface area contributed by atoms with E-state index in [9.17, 15) is 13.2 Å². The molecule has 0 unspecified atom stereocenters. The van der Waals surface area contributed by atoms with Crippen LogP contribution in [0.1, 0.15) is 44.6 Å². The molecule has 33 heavy (non-hydrogen) atoms. The highest BCUT2D eigenvalue weighted by Crippen LogP contribution is 2.08. The van der Waals surface area contributed by atoms with Gasteiger partial charge in [-0.15, -0.1) is 0 Å². The quantitative estimate of drug-likeness (QED) is 0.202. The second kappa shape index (κ2) is 18.7. The van der Waals surface area contributed by atoms with Crippen LogP contribution in [0.25, 0.3) is 0 Å². The van der Waals surface area contributed by atoms with E-state index in [4.69, 9.17) is 18.9 Å². The van der Waals surface area contributed by atoms with Crippen molar-refractivity contribution in [3.63, 3.8) is 0 Å². The summed E-state index contributed by atoms with van der Waals surface area (Å²) in [5.74, 6) is 0.00996. The van der Waals surface area contributed by atoms with Gasteiger partial charge in [-0.05, 0) is 31.2 Å². The number of hydrogen-bond acceptors (Lipinski definition) is 9. The number of nitrogens with zero attached hydrogens (tertiary/aromatic N) is 2. The van der Waals surface area contributed by atoms with E-state index in [2.05, 4.69) is 22.2 Å². The van der Waals surface area contributed by atoms with Crippen LogP contribution in [0.5, 0.6) is 0 Å². The highest BCUT2D eigenvalue weighted by atomic mass is 32.2. The van der Waals surface area contributed by atoms with Crippen molar-refractivity contribution in [2.45, 2.75) is 50.6 Å². The molecule has 0 aliphatic carbocycles. The van der Waals surface area contributed by atoms with Crippen LogP contribution in [-0.4, -0.2) is 89.9 Å². The van der Waals surface area contributed by atoms with Gasteiger partial charge in [0.2, 0.25) is 20.9 Å². The van der Waals surface area contributed by atoms with Gasteiger partial charge in [-0.3, -0.25) is 4.79 Å². The molecule has 0 saturated carbocycles. The Morgan fingerprint density at radius 1 is 0.848 bits per heavy atom. The SMILES string of the molecule is CCCOCCOCCOCCOCCNC(=O)CCCCCc1cnc(S(C)(=O)=O)nc1. The van der Waals surface area contributed by atoms with Crippen LogP contribution >= 0.6 is 0 Å². The highest BCUT2D eigenvalue weighted by Gasteiger charge is 2.10. The first kappa shape index (κ1) is 29.4. The maximum Gasteiger partial charge on any atom is 0.246 e.